The van der Waals surface area contributed by atoms with Crippen molar-refractivity contribution >= 4 is 22.8 Å². The molecule has 0 aromatic carbocycles. The molecule has 0 unspecified atom stereocenters. The molecule has 5 nitrogen and oxygen atoms in total. The van der Waals surface area contributed by atoms with Gasteiger partial charge in [0.1, 0.15) is 5.69 Å². The Labute approximate surface area is 78.7 Å². The van der Waals surface area contributed by atoms with Crippen LogP contribution in [0.3, 0.4) is 0 Å². The second-order valence-corrected chi connectivity index (χ2v) is 3.11. The zero-order valence-electron chi connectivity index (χ0n) is 7.14. The second-order valence-electron chi connectivity index (χ2n) is 2.34. The van der Waals surface area contributed by atoms with Crippen molar-refractivity contribution in [2.24, 2.45) is 7.05 Å². The molecule has 0 atom stereocenters. The summed E-state index contributed by atoms with van der Waals surface area (Å²) in [6.07, 6.45) is 1.63. The summed E-state index contributed by atoms with van der Waals surface area (Å²) in [5.41, 5.74) is 0.185. The van der Waals surface area contributed by atoms with Gasteiger partial charge >= 0.3 is 5.97 Å². The number of carbonyl (C=O) groups excluding carboxylic acids is 1. The number of aromatic nitrogens is 2. The lowest BCUT2D eigenvalue weighted by Gasteiger charge is -1.94. The van der Waals surface area contributed by atoms with E-state index in [1.807, 2.05) is 0 Å². The number of thioether (sulfide) groups is 1. The number of carboxylic acids is 1. The predicted molar refractivity (Wildman–Crippen MR) is 48.0 cm³/mol. The molecule has 0 aliphatic carbocycles. The highest BCUT2D eigenvalue weighted by Crippen LogP contribution is 2.10. The molecule has 0 amide bonds. The smallest absolute Gasteiger partial charge is 0.356 e. The molecule has 0 fully saturated rings. The van der Waals surface area contributed by atoms with Gasteiger partial charge in [-0.25, -0.2) is 4.79 Å². The fraction of sp³-hybridized carbons (Fsp3) is 0.286. The fourth-order valence-electron chi connectivity index (χ4n) is 0.867. The van der Waals surface area contributed by atoms with Gasteiger partial charge in [0.05, 0.1) is 0 Å². The van der Waals surface area contributed by atoms with Crippen LogP contribution in [-0.4, -0.2) is 32.2 Å². The quantitative estimate of drug-likeness (QED) is 0.757. The van der Waals surface area contributed by atoms with Crippen molar-refractivity contribution in [3.63, 3.8) is 0 Å². The van der Waals surface area contributed by atoms with Crippen molar-refractivity contribution in [2.45, 2.75) is 0 Å². The molecule has 0 spiro atoms. The zero-order chi connectivity index (χ0) is 10.0. The van der Waals surface area contributed by atoms with E-state index in [1.165, 1.54) is 17.8 Å². The topological polar surface area (TPSA) is 72.2 Å². The van der Waals surface area contributed by atoms with Crippen LogP contribution < -0.4 is 0 Å². The number of rotatable bonds is 2. The number of carbonyl (C=O) groups is 2. The third-order valence-electron chi connectivity index (χ3n) is 1.49. The second kappa shape index (κ2) is 3.61. The molecule has 1 aromatic rings. The van der Waals surface area contributed by atoms with E-state index >= 15 is 0 Å². The molecule has 0 radical (unpaired) electrons. The summed E-state index contributed by atoms with van der Waals surface area (Å²) in [5, 5.41) is 12.1. The molecular weight excluding hydrogens is 192 g/mol. The lowest BCUT2D eigenvalue weighted by Crippen LogP contribution is -2.03. The summed E-state index contributed by atoms with van der Waals surface area (Å²) in [7, 11) is 1.54. The minimum absolute atomic E-state index is 0.111. The first-order chi connectivity index (χ1) is 6.06. The molecule has 0 aliphatic rings. The Bertz CT molecular complexity index is 359. The number of carboxylic acid groups (broad SMARTS) is 1. The summed E-state index contributed by atoms with van der Waals surface area (Å²) in [5.74, 6) is -1.13. The predicted octanol–water partition coefficient (Wildman–Crippen LogP) is 0.621. The van der Waals surface area contributed by atoms with Crippen LogP contribution in [0.5, 0.6) is 0 Å². The maximum atomic E-state index is 11.2. The lowest BCUT2D eigenvalue weighted by molar-refractivity contribution is 0.0689. The first-order valence-electron chi connectivity index (χ1n) is 3.42. The van der Waals surface area contributed by atoms with Crippen LogP contribution in [0, 0.1) is 0 Å². The van der Waals surface area contributed by atoms with Gasteiger partial charge < -0.3 is 5.11 Å². The third kappa shape index (κ3) is 1.89. The van der Waals surface area contributed by atoms with Crippen molar-refractivity contribution in [1.82, 2.24) is 9.78 Å². The Hall–Kier alpha value is -1.30. The monoisotopic (exact) mass is 200 g/mol. The van der Waals surface area contributed by atoms with Crippen LogP contribution in [-0.2, 0) is 7.05 Å². The molecule has 1 N–H and O–H groups in total. The fourth-order valence-corrected chi connectivity index (χ4v) is 1.27. The molecule has 0 saturated carbocycles. The van der Waals surface area contributed by atoms with E-state index in [2.05, 4.69) is 5.10 Å². The number of aryl methyl sites for hydroxylation is 1. The van der Waals surface area contributed by atoms with E-state index < -0.39 is 5.97 Å². The van der Waals surface area contributed by atoms with Crippen LogP contribution in [0.2, 0.25) is 0 Å². The summed E-state index contributed by atoms with van der Waals surface area (Å²) in [4.78, 5) is 21.7. The normalized spacial score (nSPS) is 10.0. The highest BCUT2D eigenvalue weighted by Gasteiger charge is 2.15. The number of hydrogen-bond acceptors (Lipinski definition) is 4. The lowest BCUT2D eigenvalue weighted by atomic mass is 10.4. The maximum Gasteiger partial charge on any atom is 0.356 e. The van der Waals surface area contributed by atoms with Crippen molar-refractivity contribution in [1.29, 1.82) is 0 Å². The van der Waals surface area contributed by atoms with Crippen LogP contribution in [0.4, 0.5) is 0 Å². The van der Waals surface area contributed by atoms with Crippen molar-refractivity contribution < 1.29 is 14.7 Å². The average molecular weight is 200 g/mol. The molecule has 0 saturated heterocycles. The van der Waals surface area contributed by atoms with Crippen LogP contribution in [0.15, 0.2) is 6.07 Å². The van der Waals surface area contributed by atoms with Crippen molar-refractivity contribution in [3.8, 4) is 0 Å². The zero-order valence-corrected chi connectivity index (χ0v) is 7.96. The largest absolute Gasteiger partial charge is 0.476 e. The van der Waals surface area contributed by atoms with E-state index in [0.29, 0.717) is 5.69 Å². The van der Waals surface area contributed by atoms with Crippen LogP contribution in [0.25, 0.3) is 0 Å². The maximum absolute atomic E-state index is 11.2. The van der Waals surface area contributed by atoms with E-state index in [4.69, 9.17) is 5.11 Å². The Morgan fingerprint density at radius 1 is 1.62 bits per heavy atom. The molecule has 70 valence electrons. The minimum atomic E-state index is -1.13. The molecule has 0 bridgehead atoms. The molecular formula is C7H8N2O3S. The number of hydrogen-bond donors (Lipinski definition) is 1. The molecule has 13 heavy (non-hydrogen) atoms. The van der Waals surface area contributed by atoms with E-state index in [1.54, 1.807) is 6.26 Å². The van der Waals surface area contributed by atoms with Crippen LogP contribution in [0.1, 0.15) is 21.0 Å². The van der Waals surface area contributed by atoms with Gasteiger partial charge in [0.25, 0.3) is 0 Å². The standard InChI is InChI=1S/C7H8N2O3S/c1-9-5(7(12)13-2)3-4(8-9)6(10)11/h3H,1-2H3,(H,10,11). The first kappa shape index (κ1) is 9.79. The third-order valence-corrected chi connectivity index (χ3v) is 2.07. The van der Waals surface area contributed by atoms with Gasteiger partial charge in [0, 0.05) is 13.1 Å². The van der Waals surface area contributed by atoms with Gasteiger partial charge in [-0.05, 0) is 6.26 Å². The average Bonchev–Trinajstić information content (AvgIpc) is 2.46. The van der Waals surface area contributed by atoms with E-state index in [9.17, 15) is 9.59 Å². The summed E-state index contributed by atoms with van der Waals surface area (Å²) < 4.78 is 1.27. The Morgan fingerprint density at radius 3 is 2.62 bits per heavy atom. The molecule has 1 rings (SSSR count). The minimum Gasteiger partial charge on any atom is -0.476 e. The number of aromatic carboxylic acids is 1. The molecule has 1 heterocycles. The summed E-state index contributed by atoms with van der Waals surface area (Å²) >= 11 is 1.02. The van der Waals surface area contributed by atoms with Gasteiger partial charge in [0.2, 0.25) is 5.12 Å². The van der Waals surface area contributed by atoms with Gasteiger partial charge in [-0.1, -0.05) is 11.8 Å². The van der Waals surface area contributed by atoms with E-state index in [0.717, 1.165) is 11.8 Å². The molecule has 1 aromatic heterocycles. The summed E-state index contributed by atoms with van der Waals surface area (Å²) in [6, 6.07) is 1.27. The Balaban J connectivity index is 3.10. The highest BCUT2D eigenvalue weighted by molar-refractivity contribution is 8.13. The van der Waals surface area contributed by atoms with Gasteiger partial charge in [0.15, 0.2) is 5.69 Å². The van der Waals surface area contributed by atoms with Crippen LogP contribution >= 0.6 is 11.8 Å². The van der Waals surface area contributed by atoms with Crippen molar-refractivity contribution in [2.75, 3.05) is 6.26 Å². The molecule has 0 aliphatic heterocycles. The Morgan fingerprint density at radius 2 is 2.23 bits per heavy atom. The first-order valence-corrected chi connectivity index (χ1v) is 4.64. The molecule has 6 heteroatoms. The highest BCUT2D eigenvalue weighted by atomic mass is 32.2. The Kier molecular flexibility index (Phi) is 2.72. The van der Waals surface area contributed by atoms with Gasteiger partial charge in [-0.15, -0.1) is 0 Å². The van der Waals surface area contributed by atoms with Gasteiger partial charge in [-0.2, -0.15) is 5.10 Å². The van der Waals surface area contributed by atoms with Gasteiger partial charge in [-0.3, -0.25) is 9.48 Å². The summed E-state index contributed by atoms with van der Waals surface area (Å²) in [6.45, 7) is 0. The van der Waals surface area contributed by atoms with Crippen molar-refractivity contribution in [3.05, 3.63) is 17.5 Å². The number of nitrogens with zero attached hydrogens (tertiary/aromatic N) is 2. The van der Waals surface area contributed by atoms with E-state index in [-0.39, 0.29) is 10.8 Å². The SMILES string of the molecule is CSC(=O)c1cc(C(=O)O)nn1C.